The molecule has 0 radical (unpaired) electrons. The number of benzene rings is 2. The van der Waals surface area contributed by atoms with Crippen molar-refractivity contribution in [2.75, 3.05) is 17.0 Å². The molecule has 4 rings (SSSR count). The van der Waals surface area contributed by atoms with E-state index in [1.54, 1.807) is 25.1 Å². The highest BCUT2D eigenvalue weighted by molar-refractivity contribution is 8.29. The second kappa shape index (κ2) is 8.32. The number of Topliss-reactive ketones (excluding diaryl/α,β-unsaturated/α-hetero) is 1. The Labute approximate surface area is 192 Å². The number of nitrogens with zero attached hydrogens (tertiary/aromatic N) is 4. The highest BCUT2D eigenvalue weighted by atomic mass is 32.2. The van der Waals surface area contributed by atoms with Gasteiger partial charge in [-0.3, -0.25) is 14.9 Å². The maximum atomic E-state index is 12.6. The monoisotopic (exact) mass is 470 g/mol. The van der Waals surface area contributed by atoms with Crippen molar-refractivity contribution in [1.29, 1.82) is 0 Å². The third-order valence-corrected chi connectivity index (χ3v) is 7.83. The number of nitro benzene ring substituents is 1. The molecule has 0 amide bonds. The Morgan fingerprint density at radius 3 is 2.38 bits per heavy atom. The minimum absolute atomic E-state index is 0.168. The lowest BCUT2D eigenvalue weighted by Crippen LogP contribution is -2.49. The Bertz CT molecular complexity index is 1180. The fourth-order valence-electron chi connectivity index (χ4n) is 3.48. The highest BCUT2D eigenvalue weighted by Gasteiger charge is 2.58. The van der Waals surface area contributed by atoms with Crippen molar-refractivity contribution in [1.82, 2.24) is 0 Å². The number of hydrazone groups is 1. The topological polar surface area (TPSA) is 105 Å². The molecule has 0 N–H and O–H groups in total. The molecule has 11 heteroatoms. The van der Waals surface area contributed by atoms with Crippen molar-refractivity contribution >= 4 is 57.4 Å². The number of carbonyl (C=O) groups is 2. The molecule has 0 saturated heterocycles. The Kier molecular flexibility index (Phi) is 5.70. The van der Waals surface area contributed by atoms with Gasteiger partial charge in [0.15, 0.2) is 10.8 Å². The molecule has 1 spiro atoms. The molecule has 164 valence electrons. The normalized spacial score (nSPS) is 20.0. The van der Waals surface area contributed by atoms with Gasteiger partial charge in [-0.25, -0.2) is 9.80 Å². The van der Waals surface area contributed by atoms with Crippen molar-refractivity contribution in [3.05, 3.63) is 75.3 Å². The molecule has 2 heterocycles. The van der Waals surface area contributed by atoms with E-state index in [0.29, 0.717) is 10.6 Å². The molecule has 2 aromatic carbocycles. The van der Waals surface area contributed by atoms with Gasteiger partial charge < -0.3 is 9.64 Å². The van der Waals surface area contributed by atoms with Gasteiger partial charge in [0.2, 0.25) is 4.33 Å². The van der Waals surface area contributed by atoms with E-state index in [-0.39, 0.29) is 22.2 Å². The Balaban J connectivity index is 1.97. The summed E-state index contributed by atoms with van der Waals surface area (Å²) in [5, 5.41) is 17.9. The zero-order valence-electron chi connectivity index (χ0n) is 17.3. The van der Waals surface area contributed by atoms with Crippen molar-refractivity contribution in [2.24, 2.45) is 5.10 Å². The number of thioether (sulfide) groups is 2. The number of methoxy groups -OCH3 is 1. The van der Waals surface area contributed by atoms with Crippen LogP contribution >= 0.6 is 23.5 Å². The van der Waals surface area contributed by atoms with E-state index in [1.165, 1.54) is 25.1 Å². The zero-order chi connectivity index (χ0) is 23.0. The average molecular weight is 471 g/mol. The molecule has 2 aliphatic rings. The van der Waals surface area contributed by atoms with Gasteiger partial charge in [-0.2, -0.15) is 5.10 Å². The molecule has 2 aliphatic heterocycles. The van der Waals surface area contributed by atoms with Crippen molar-refractivity contribution < 1.29 is 19.2 Å². The van der Waals surface area contributed by atoms with Crippen LogP contribution in [0, 0.1) is 10.1 Å². The number of hydrogen-bond acceptors (Lipinski definition) is 10. The number of hydrogen-bond donors (Lipinski definition) is 0. The number of ketones is 1. The van der Waals surface area contributed by atoms with Gasteiger partial charge in [0.1, 0.15) is 10.6 Å². The van der Waals surface area contributed by atoms with Crippen LogP contribution in [0.25, 0.3) is 0 Å². The lowest BCUT2D eigenvalue weighted by atomic mass is 10.2. The second-order valence-electron chi connectivity index (χ2n) is 6.85. The first kappa shape index (κ1) is 21.9. The summed E-state index contributed by atoms with van der Waals surface area (Å²) in [5.74, 6) is -0.821. The van der Waals surface area contributed by atoms with E-state index < -0.39 is 15.2 Å². The van der Waals surface area contributed by atoms with Crippen LogP contribution in [0.3, 0.4) is 0 Å². The third kappa shape index (κ3) is 3.43. The zero-order valence-corrected chi connectivity index (χ0v) is 19.0. The molecule has 32 heavy (non-hydrogen) atoms. The van der Waals surface area contributed by atoms with Crippen LogP contribution < -0.4 is 9.91 Å². The maximum absolute atomic E-state index is 12.6. The number of allylic oxidation sites excluding steroid dienone is 1. The predicted octanol–water partition coefficient (Wildman–Crippen LogP) is 4.32. The van der Waals surface area contributed by atoms with Crippen LogP contribution in [0.2, 0.25) is 0 Å². The van der Waals surface area contributed by atoms with Gasteiger partial charge in [0, 0.05) is 24.4 Å². The van der Waals surface area contributed by atoms with Gasteiger partial charge in [-0.05, 0) is 36.9 Å². The van der Waals surface area contributed by atoms with E-state index in [0.717, 1.165) is 29.2 Å². The smallest absolute Gasteiger partial charge is 0.346 e. The predicted molar refractivity (Wildman–Crippen MR) is 125 cm³/mol. The number of rotatable bonds is 5. The Morgan fingerprint density at radius 1 is 1.09 bits per heavy atom. The van der Waals surface area contributed by atoms with Gasteiger partial charge in [0.05, 0.1) is 12.0 Å². The second-order valence-corrected chi connectivity index (χ2v) is 9.45. The SMILES string of the molecule is COC(=O)C1=C(C)N(c2ccccc2)C2(SC(C(C)=O)=NN2c2ccccc2[N+](=O)[O-])S1. The van der Waals surface area contributed by atoms with Gasteiger partial charge in [-0.1, -0.05) is 42.1 Å². The fourth-order valence-corrected chi connectivity index (χ4v) is 6.44. The molecule has 0 aliphatic carbocycles. The van der Waals surface area contributed by atoms with Crippen molar-refractivity contribution in [2.45, 2.75) is 18.2 Å². The van der Waals surface area contributed by atoms with Gasteiger partial charge in [-0.15, -0.1) is 0 Å². The summed E-state index contributed by atoms with van der Waals surface area (Å²) in [6, 6.07) is 15.4. The van der Waals surface area contributed by atoms with E-state index in [4.69, 9.17) is 4.74 Å². The third-order valence-electron chi connectivity index (χ3n) is 4.86. The van der Waals surface area contributed by atoms with E-state index >= 15 is 0 Å². The first-order chi connectivity index (χ1) is 15.3. The van der Waals surface area contributed by atoms with Gasteiger partial charge in [0.25, 0.3) is 5.69 Å². The largest absolute Gasteiger partial charge is 0.465 e. The quantitative estimate of drug-likeness (QED) is 0.359. The summed E-state index contributed by atoms with van der Waals surface area (Å²) in [7, 11) is 1.29. The average Bonchev–Trinajstić information content (AvgIpc) is 3.31. The van der Waals surface area contributed by atoms with Crippen LogP contribution in [0.15, 0.2) is 70.3 Å². The summed E-state index contributed by atoms with van der Waals surface area (Å²) in [6.07, 6.45) is 0. The standard InChI is InChI=1S/C21H18N4O5S2/c1-13-18(20(27)30-3)31-21(23(13)15-9-5-4-6-10-15)24(22-19(32-21)14(2)26)16-11-7-8-12-17(16)25(28)29/h4-12H,1-3H3. The summed E-state index contributed by atoms with van der Waals surface area (Å²) >= 11 is 2.27. The van der Waals surface area contributed by atoms with Crippen molar-refractivity contribution in [3.8, 4) is 0 Å². The van der Waals surface area contributed by atoms with Crippen LogP contribution in [-0.2, 0) is 14.3 Å². The lowest BCUT2D eigenvalue weighted by Gasteiger charge is -2.41. The first-order valence-corrected chi connectivity index (χ1v) is 11.1. The molecule has 1 unspecified atom stereocenters. The summed E-state index contributed by atoms with van der Waals surface area (Å²) in [6.45, 7) is 3.15. The Hall–Kier alpha value is -3.31. The summed E-state index contributed by atoms with van der Waals surface area (Å²) in [4.78, 5) is 38.4. The van der Waals surface area contributed by atoms with Crippen LogP contribution in [-0.4, -0.2) is 33.2 Å². The number of para-hydroxylation sites is 3. The number of nitro groups is 1. The van der Waals surface area contributed by atoms with E-state index in [1.807, 2.05) is 35.2 Å². The van der Waals surface area contributed by atoms with Gasteiger partial charge >= 0.3 is 5.97 Å². The highest BCUT2D eigenvalue weighted by Crippen LogP contribution is 2.60. The molecule has 0 fully saturated rings. The lowest BCUT2D eigenvalue weighted by molar-refractivity contribution is -0.384. The van der Waals surface area contributed by atoms with Crippen LogP contribution in [0.1, 0.15) is 13.8 Å². The molecule has 0 aromatic heterocycles. The molecule has 1 atom stereocenters. The minimum Gasteiger partial charge on any atom is -0.465 e. The van der Waals surface area contributed by atoms with Crippen LogP contribution in [0.4, 0.5) is 17.1 Å². The van der Waals surface area contributed by atoms with Crippen molar-refractivity contribution in [3.63, 3.8) is 0 Å². The minimum atomic E-state index is -1.22. The fraction of sp³-hybridized carbons (Fsp3) is 0.190. The molecule has 0 bridgehead atoms. The summed E-state index contributed by atoms with van der Waals surface area (Å²) < 4.78 is 3.76. The van der Waals surface area contributed by atoms with E-state index in [2.05, 4.69) is 5.10 Å². The number of esters is 1. The molecular weight excluding hydrogens is 452 g/mol. The number of ether oxygens (including phenoxy) is 1. The maximum Gasteiger partial charge on any atom is 0.346 e. The summed E-state index contributed by atoms with van der Waals surface area (Å²) in [5.41, 5.74) is 1.35. The Morgan fingerprint density at radius 2 is 1.75 bits per heavy atom. The van der Waals surface area contributed by atoms with Crippen LogP contribution in [0.5, 0.6) is 0 Å². The van der Waals surface area contributed by atoms with E-state index in [9.17, 15) is 19.7 Å². The number of anilines is 2. The molecular formula is C21H18N4O5S2. The molecule has 2 aromatic rings. The molecule has 9 nitrogen and oxygen atoms in total. The molecule has 0 saturated carbocycles. The number of carbonyl (C=O) groups excluding carboxylic acids is 2. The first-order valence-electron chi connectivity index (χ1n) is 9.46.